The number of aromatic nitrogens is 2. The van der Waals surface area contributed by atoms with Crippen LogP contribution in [0.2, 0.25) is 5.02 Å². The van der Waals surface area contributed by atoms with Gasteiger partial charge in [0.15, 0.2) is 0 Å². The van der Waals surface area contributed by atoms with Gasteiger partial charge in [-0.3, -0.25) is 18.8 Å². The van der Waals surface area contributed by atoms with E-state index in [1.165, 1.54) is 27.6 Å². The molecule has 2 aliphatic rings. The average Bonchev–Trinajstić information content (AvgIpc) is 3.15. The number of fused-ring (bicyclic) bond motifs is 2. The van der Waals surface area contributed by atoms with Crippen LogP contribution < -0.4 is 10.5 Å². The fraction of sp³-hybridized carbons (Fsp3) is 0.273. The van der Waals surface area contributed by atoms with Crippen molar-refractivity contribution in [1.29, 1.82) is 0 Å². The minimum absolute atomic E-state index is 0.0150. The van der Waals surface area contributed by atoms with Crippen molar-refractivity contribution in [3.05, 3.63) is 75.0 Å². The van der Waals surface area contributed by atoms with Gasteiger partial charge in [0.05, 0.1) is 34.4 Å². The summed E-state index contributed by atoms with van der Waals surface area (Å²) in [5, 5.41) is 0.415. The van der Waals surface area contributed by atoms with Gasteiger partial charge >= 0.3 is 0 Å². The van der Waals surface area contributed by atoms with E-state index in [0.717, 1.165) is 0 Å². The summed E-state index contributed by atoms with van der Waals surface area (Å²) < 4.78 is 15.5. The fourth-order valence-corrected chi connectivity index (χ4v) is 4.46. The van der Waals surface area contributed by atoms with Crippen LogP contribution in [0.4, 0.5) is 10.1 Å². The molecule has 0 aliphatic carbocycles. The van der Waals surface area contributed by atoms with Crippen molar-refractivity contribution in [2.75, 3.05) is 18.0 Å². The lowest BCUT2D eigenvalue weighted by atomic mass is 10.0. The zero-order valence-electron chi connectivity index (χ0n) is 16.4. The summed E-state index contributed by atoms with van der Waals surface area (Å²) in [6, 6.07) is 9.38. The highest BCUT2D eigenvalue weighted by Gasteiger charge is 2.39. The van der Waals surface area contributed by atoms with Gasteiger partial charge in [-0.25, -0.2) is 9.37 Å². The summed E-state index contributed by atoms with van der Waals surface area (Å²) >= 11 is 6.01. The zero-order chi connectivity index (χ0) is 21.7. The van der Waals surface area contributed by atoms with E-state index in [1.807, 2.05) is 0 Å². The van der Waals surface area contributed by atoms with Crippen molar-refractivity contribution in [2.45, 2.75) is 19.4 Å². The number of pyridine rings is 1. The quantitative estimate of drug-likeness (QED) is 0.613. The van der Waals surface area contributed by atoms with E-state index in [-0.39, 0.29) is 42.6 Å². The van der Waals surface area contributed by atoms with E-state index in [0.29, 0.717) is 34.9 Å². The number of amides is 2. The topological polar surface area (TPSA) is 75.0 Å². The van der Waals surface area contributed by atoms with Gasteiger partial charge in [-0.15, -0.1) is 0 Å². The Morgan fingerprint density at radius 2 is 1.97 bits per heavy atom. The average molecular weight is 441 g/mol. The van der Waals surface area contributed by atoms with Gasteiger partial charge in [0, 0.05) is 32.1 Å². The minimum Gasteiger partial charge on any atom is -0.337 e. The van der Waals surface area contributed by atoms with Gasteiger partial charge in [-0.1, -0.05) is 23.7 Å². The van der Waals surface area contributed by atoms with Crippen LogP contribution in [0.3, 0.4) is 0 Å². The smallest absolute Gasteiger partial charge is 0.263 e. The molecule has 31 heavy (non-hydrogen) atoms. The highest BCUT2D eigenvalue weighted by atomic mass is 35.5. The van der Waals surface area contributed by atoms with Crippen molar-refractivity contribution in [1.82, 2.24) is 14.3 Å². The lowest BCUT2D eigenvalue weighted by Gasteiger charge is -2.30. The molecule has 0 saturated carbocycles. The molecular weight excluding hydrogens is 423 g/mol. The first-order chi connectivity index (χ1) is 14.9. The molecule has 0 N–H and O–H groups in total. The molecular formula is C22H18ClFN4O3. The van der Waals surface area contributed by atoms with Crippen LogP contribution in [0.1, 0.15) is 17.7 Å². The van der Waals surface area contributed by atoms with Crippen LogP contribution in [0, 0.1) is 11.7 Å². The lowest BCUT2D eigenvalue weighted by Crippen LogP contribution is -2.43. The number of para-hydroxylation sites is 1. The number of carbonyl (C=O) groups is 2. The van der Waals surface area contributed by atoms with Crippen LogP contribution in [-0.2, 0) is 22.6 Å². The first kappa shape index (κ1) is 19.7. The number of benzene rings is 1. The Morgan fingerprint density at radius 3 is 2.77 bits per heavy atom. The van der Waals surface area contributed by atoms with E-state index >= 15 is 0 Å². The number of hydrogen-bond acceptors (Lipinski definition) is 4. The molecule has 1 unspecified atom stereocenters. The standard InChI is InChI=1S/C22H18ClFN4O3/c23-14-5-6-19-25-17-7-8-26(12-15(17)22(31)28(19)11-14)21(30)13-9-20(29)27(10-13)18-4-2-1-3-16(18)24/h1-6,11,13H,7-10,12H2. The Bertz CT molecular complexity index is 1290. The highest BCUT2D eigenvalue weighted by molar-refractivity contribution is 6.30. The van der Waals surface area contributed by atoms with E-state index < -0.39 is 11.7 Å². The summed E-state index contributed by atoms with van der Waals surface area (Å²) in [6.07, 6.45) is 1.98. The Balaban J connectivity index is 1.39. The molecule has 5 rings (SSSR count). The summed E-state index contributed by atoms with van der Waals surface area (Å²) in [5.41, 5.74) is 1.56. The van der Waals surface area contributed by atoms with Gasteiger partial charge in [0.1, 0.15) is 11.5 Å². The molecule has 1 aromatic carbocycles. The van der Waals surface area contributed by atoms with Crippen molar-refractivity contribution in [2.24, 2.45) is 5.92 Å². The summed E-state index contributed by atoms with van der Waals surface area (Å²) in [5.74, 6) is -1.59. The van der Waals surface area contributed by atoms with Gasteiger partial charge in [0.25, 0.3) is 5.56 Å². The second-order valence-electron chi connectivity index (χ2n) is 7.78. The summed E-state index contributed by atoms with van der Waals surface area (Å²) in [7, 11) is 0. The maximum atomic E-state index is 14.1. The number of carbonyl (C=O) groups excluding carboxylic acids is 2. The molecule has 9 heteroatoms. The van der Waals surface area contributed by atoms with E-state index in [9.17, 15) is 18.8 Å². The molecule has 1 saturated heterocycles. The minimum atomic E-state index is -0.584. The van der Waals surface area contributed by atoms with Crippen molar-refractivity contribution in [3.63, 3.8) is 0 Å². The SMILES string of the molecule is O=C(C1CC(=O)N(c2ccccc2F)C1)N1CCc2nc3ccc(Cl)cn3c(=O)c2C1. The third-order valence-corrected chi connectivity index (χ3v) is 6.09. The Hall–Kier alpha value is -3.26. The van der Waals surface area contributed by atoms with E-state index in [4.69, 9.17) is 11.6 Å². The third-order valence-electron chi connectivity index (χ3n) is 5.86. The predicted octanol–water partition coefficient (Wildman–Crippen LogP) is 2.42. The molecule has 4 heterocycles. The maximum absolute atomic E-state index is 14.1. The Morgan fingerprint density at radius 1 is 1.16 bits per heavy atom. The van der Waals surface area contributed by atoms with Crippen molar-refractivity contribution < 1.29 is 14.0 Å². The van der Waals surface area contributed by atoms with Gasteiger partial charge in [0.2, 0.25) is 11.8 Å². The highest BCUT2D eigenvalue weighted by Crippen LogP contribution is 2.29. The Kier molecular flexibility index (Phi) is 4.74. The molecule has 2 amide bonds. The number of rotatable bonds is 2. The van der Waals surface area contributed by atoms with Crippen molar-refractivity contribution >= 4 is 34.7 Å². The second-order valence-corrected chi connectivity index (χ2v) is 8.22. The van der Waals surface area contributed by atoms with Crippen LogP contribution in [0.15, 0.2) is 47.4 Å². The molecule has 0 spiro atoms. The molecule has 7 nitrogen and oxygen atoms in total. The fourth-order valence-electron chi connectivity index (χ4n) is 4.29. The Labute approximate surface area is 181 Å². The zero-order valence-corrected chi connectivity index (χ0v) is 17.2. The summed E-state index contributed by atoms with van der Waals surface area (Å²) in [6.45, 7) is 0.652. The normalized spacial score (nSPS) is 18.5. The van der Waals surface area contributed by atoms with Crippen molar-refractivity contribution in [3.8, 4) is 0 Å². The predicted molar refractivity (Wildman–Crippen MR) is 112 cm³/mol. The lowest BCUT2D eigenvalue weighted by molar-refractivity contribution is -0.136. The number of nitrogens with zero attached hydrogens (tertiary/aromatic N) is 4. The van der Waals surface area contributed by atoms with Gasteiger partial charge in [-0.05, 0) is 24.3 Å². The van der Waals surface area contributed by atoms with Gasteiger partial charge < -0.3 is 9.80 Å². The maximum Gasteiger partial charge on any atom is 0.263 e. The largest absolute Gasteiger partial charge is 0.337 e. The molecule has 3 aromatic rings. The first-order valence-corrected chi connectivity index (χ1v) is 10.3. The first-order valence-electron chi connectivity index (χ1n) is 9.96. The molecule has 2 aromatic heterocycles. The van der Waals surface area contributed by atoms with Crippen LogP contribution >= 0.6 is 11.6 Å². The van der Waals surface area contributed by atoms with Crippen LogP contribution in [-0.4, -0.2) is 39.2 Å². The monoisotopic (exact) mass is 440 g/mol. The van der Waals surface area contributed by atoms with Crippen LogP contribution in [0.5, 0.6) is 0 Å². The number of hydrogen-bond donors (Lipinski definition) is 0. The molecule has 1 atom stereocenters. The molecule has 0 radical (unpaired) electrons. The number of anilines is 1. The third kappa shape index (κ3) is 3.37. The molecule has 2 aliphatic heterocycles. The van der Waals surface area contributed by atoms with Crippen LogP contribution in [0.25, 0.3) is 5.65 Å². The number of halogens is 2. The van der Waals surface area contributed by atoms with E-state index in [2.05, 4.69) is 4.98 Å². The van der Waals surface area contributed by atoms with Gasteiger partial charge in [-0.2, -0.15) is 0 Å². The second kappa shape index (κ2) is 7.46. The summed E-state index contributed by atoms with van der Waals surface area (Å²) in [4.78, 5) is 46.0. The molecule has 0 bridgehead atoms. The molecule has 1 fully saturated rings. The molecule has 158 valence electrons. The van der Waals surface area contributed by atoms with E-state index in [1.54, 1.807) is 29.2 Å².